The zero-order chi connectivity index (χ0) is 15.0. The maximum absolute atomic E-state index is 12.7. The number of halogens is 3. The normalized spacial score (nSPS) is 11.0. The van der Waals surface area contributed by atoms with E-state index in [2.05, 4.69) is 4.98 Å². The average molecular weight is 340 g/mol. The molecule has 0 unspecified atom stereocenters. The SMILES string of the molecule is O=c1c2ccccc2nc(CCl)n1-c1cc(Cl)ccc1Cl. The van der Waals surface area contributed by atoms with E-state index in [1.165, 1.54) is 4.57 Å². The van der Waals surface area contributed by atoms with Gasteiger partial charge in [-0.1, -0.05) is 35.3 Å². The van der Waals surface area contributed by atoms with Crippen molar-refractivity contribution in [2.24, 2.45) is 0 Å². The monoisotopic (exact) mass is 338 g/mol. The molecule has 3 aromatic rings. The molecular weight excluding hydrogens is 331 g/mol. The lowest BCUT2D eigenvalue weighted by molar-refractivity contribution is 0.882. The van der Waals surface area contributed by atoms with Crippen LogP contribution in [-0.2, 0) is 5.88 Å². The van der Waals surface area contributed by atoms with Crippen molar-refractivity contribution in [3.05, 3.63) is 68.7 Å². The van der Waals surface area contributed by atoms with Gasteiger partial charge in [0.05, 0.1) is 27.5 Å². The Labute approximate surface area is 135 Å². The Morgan fingerprint density at radius 1 is 1.10 bits per heavy atom. The second-order valence-corrected chi connectivity index (χ2v) is 5.53. The predicted octanol–water partition coefficient (Wildman–Crippen LogP) is 4.43. The molecule has 1 heterocycles. The van der Waals surface area contributed by atoms with Crippen LogP contribution in [0.1, 0.15) is 5.82 Å². The Kier molecular flexibility index (Phi) is 3.89. The molecule has 0 aliphatic rings. The van der Waals surface area contributed by atoms with Gasteiger partial charge in [0, 0.05) is 5.02 Å². The molecule has 1 aromatic heterocycles. The van der Waals surface area contributed by atoms with Crippen LogP contribution < -0.4 is 5.56 Å². The maximum atomic E-state index is 12.7. The highest BCUT2D eigenvalue weighted by molar-refractivity contribution is 6.34. The first kappa shape index (κ1) is 14.4. The Hall–Kier alpha value is -1.55. The number of alkyl halides is 1. The minimum atomic E-state index is -0.222. The number of hydrogen-bond donors (Lipinski definition) is 0. The Morgan fingerprint density at radius 2 is 1.86 bits per heavy atom. The zero-order valence-electron chi connectivity index (χ0n) is 10.7. The van der Waals surface area contributed by atoms with Gasteiger partial charge in [-0.05, 0) is 30.3 Å². The summed E-state index contributed by atoms with van der Waals surface area (Å²) < 4.78 is 1.41. The Balaban J connectivity index is 2.44. The highest BCUT2D eigenvalue weighted by Crippen LogP contribution is 2.25. The van der Waals surface area contributed by atoms with E-state index in [9.17, 15) is 4.79 Å². The van der Waals surface area contributed by atoms with Crippen molar-refractivity contribution in [3.8, 4) is 5.69 Å². The van der Waals surface area contributed by atoms with E-state index in [1.54, 1.807) is 36.4 Å². The Bertz CT molecular complexity index is 890. The van der Waals surface area contributed by atoms with Crippen molar-refractivity contribution in [3.63, 3.8) is 0 Å². The summed E-state index contributed by atoms with van der Waals surface area (Å²) in [5.74, 6) is 0.507. The number of rotatable bonds is 2. The molecule has 0 saturated carbocycles. The van der Waals surface area contributed by atoms with Gasteiger partial charge >= 0.3 is 0 Å². The van der Waals surface area contributed by atoms with Gasteiger partial charge in [0.1, 0.15) is 5.82 Å². The number of aromatic nitrogens is 2. The van der Waals surface area contributed by atoms with Crippen molar-refractivity contribution in [2.45, 2.75) is 5.88 Å². The van der Waals surface area contributed by atoms with Gasteiger partial charge in [-0.15, -0.1) is 11.6 Å². The number of nitrogens with zero attached hydrogens (tertiary/aromatic N) is 2. The third kappa shape index (κ3) is 2.53. The molecule has 106 valence electrons. The second-order valence-electron chi connectivity index (χ2n) is 4.42. The van der Waals surface area contributed by atoms with Crippen LogP contribution in [0.2, 0.25) is 10.0 Å². The smallest absolute Gasteiger partial charge is 0.266 e. The van der Waals surface area contributed by atoms with Gasteiger partial charge in [0.25, 0.3) is 5.56 Å². The van der Waals surface area contributed by atoms with E-state index in [4.69, 9.17) is 34.8 Å². The summed E-state index contributed by atoms with van der Waals surface area (Å²) in [6.07, 6.45) is 0. The van der Waals surface area contributed by atoms with Crippen LogP contribution in [-0.4, -0.2) is 9.55 Å². The van der Waals surface area contributed by atoms with E-state index < -0.39 is 0 Å². The topological polar surface area (TPSA) is 34.9 Å². The predicted molar refractivity (Wildman–Crippen MR) is 86.9 cm³/mol. The summed E-state index contributed by atoms with van der Waals surface area (Å²) in [5.41, 5.74) is 0.857. The number of fused-ring (bicyclic) bond motifs is 1. The standard InChI is InChI=1S/C15H9Cl3N2O/c16-8-14-19-12-4-2-1-3-10(12)15(21)20(14)13-7-9(17)5-6-11(13)18/h1-7H,8H2. The summed E-state index contributed by atoms with van der Waals surface area (Å²) in [6, 6.07) is 12.0. The summed E-state index contributed by atoms with van der Waals surface area (Å²) >= 11 is 18.1. The van der Waals surface area contributed by atoms with Gasteiger partial charge in [-0.2, -0.15) is 0 Å². The first-order valence-electron chi connectivity index (χ1n) is 6.14. The molecule has 3 nitrogen and oxygen atoms in total. The van der Waals surface area contributed by atoms with Crippen molar-refractivity contribution < 1.29 is 0 Å². The zero-order valence-corrected chi connectivity index (χ0v) is 13.0. The van der Waals surface area contributed by atoms with Crippen LogP contribution >= 0.6 is 34.8 Å². The minimum Gasteiger partial charge on any atom is -0.268 e. The molecule has 0 amide bonds. The van der Waals surface area contributed by atoms with Crippen molar-refractivity contribution in [1.82, 2.24) is 9.55 Å². The van der Waals surface area contributed by atoms with Crippen LogP contribution in [0.5, 0.6) is 0 Å². The lowest BCUT2D eigenvalue weighted by Crippen LogP contribution is -2.23. The van der Waals surface area contributed by atoms with Gasteiger partial charge in [-0.25, -0.2) is 4.98 Å². The third-order valence-electron chi connectivity index (χ3n) is 3.11. The molecule has 0 aliphatic heterocycles. The summed E-state index contributed by atoms with van der Waals surface area (Å²) in [7, 11) is 0. The number of hydrogen-bond acceptors (Lipinski definition) is 2. The maximum Gasteiger partial charge on any atom is 0.266 e. The molecular formula is C15H9Cl3N2O. The molecule has 0 bridgehead atoms. The quantitative estimate of drug-likeness (QED) is 0.647. The highest BCUT2D eigenvalue weighted by atomic mass is 35.5. The van der Waals surface area contributed by atoms with Crippen LogP contribution in [0.25, 0.3) is 16.6 Å². The van der Waals surface area contributed by atoms with Crippen LogP contribution in [0, 0.1) is 0 Å². The molecule has 0 radical (unpaired) electrons. The van der Waals surface area contributed by atoms with Gasteiger partial charge in [-0.3, -0.25) is 9.36 Å². The van der Waals surface area contributed by atoms with Crippen LogP contribution in [0.15, 0.2) is 47.3 Å². The molecule has 0 N–H and O–H groups in total. The lowest BCUT2D eigenvalue weighted by atomic mass is 10.2. The molecule has 21 heavy (non-hydrogen) atoms. The minimum absolute atomic E-state index is 0.0862. The lowest BCUT2D eigenvalue weighted by Gasteiger charge is -2.13. The highest BCUT2D eigenvalue weighted by Gasteiger charge is 2.14. The van der Waals surface area contributed by atoms with E-state index in [0.717, 1.165) is 0 Å². The molecule has 0 fully saturated rings. The molecule has 0 aliphatic carbocycles. The summed E-state index contributed by atoms with van der Waals surface area (Å²) in [4.78, 5) is 17.2. The van der Waals surface area contributed by atoms with Crippen LogP contribution in [0.3, 0.4) is 0 Å². The largest absolute Gasteiger partial charge is 0.268 e. The average Bonchev–Trinajstić information content (AvgIpc) is 2.50. The van der Waals surface area contributed by atoms with E-state index in [-0.39, 0.29) is 11.4 Å². The van der Waals surface area contributed by atoms with Gasteiger partial charge in [0.2, 0.25) is 0 Å². The fourth-order valence-corrected chi connectivity index (χ4v) is 2.72. The first-order valence-corrected chi connectivity index (χ1v) is 7.43. The van der Waals surface area contributed by atoms with Gasteiger partial charge < -0.3 is 0 Å². The molecule has 2 aromatic carbocycles. The fraction of sp³-hybridized carbons (Fsp3) is 0.0667. The number of benzene rings is 2. The fourth-order valence-electron chi connectivity index (χ4n) is 2.17. The van der Waals surface area contributed by atoms with Gasteiger partial charge in [0.15, 0.2) is 0 Å². The molecule has 0 saturated heterocycles. The summed E-state index contributed by atoms with van der Waals surface area (Å²) in [5, 5.41) is 1.39. The molecule has 0 atom stereocenters. The Morgan fingerprint density at radius 3 is 2.62 bits per heavy atom. The molecule has 0 spiro atoms. The molecule has 3 rings (SSSR count). The van der Waals surface area contributed by atoms with Crippen molar-refractivity contribution in [2.75, 3.05) is 0 Å². The molecule has 6 heteroatoms. The van der Waals surface area contributed by atoms with E-state index in [0.29, 0.717) is 32.5 Å². The third-order valence-corrected chi connectivity index (χ3v) is 3.91. The summed E-state index contributed by atoms with van der Waals surface area (Å²) in [6.45, 7) is 0. The van der Waals surface area contributed by atoms with Crippen molar-refractivity contribution in [1.29, 1.82) is 0 Å². The second kappa shape index (κ2) is 5.68. The van der Waals surface area contributed by atoms with E-state index in [1.807, 2.05) is 6.07 Å². The van der Waals surface area contributed by atoms with Crippen LogP contribution in [0.4, 0.5) is 0 Å². The van der Waals surface area contributed by atoms with E-state index >= 15 is 0 Å². The number of para-hydroxylation sites is 1. The van der Waals surface area contributed by atoms with Crippen molar-refractivity contribution >= 4 is 45.7 Å². The first-order chi connectivity index (χ1) is 10.1.